The maximum absolute atomic E-state index is 12.5. The predicted molar refractivity (Wildman–Crippen MR) is 260 cm³/mol. The van der Waals surface area contributed by atoms with Crippen molar-refractivity contribution in [3.8, 4) is 78.6 Å². The summed E-state index contributed by atoms with van der Waals surface area (Å²) in [6.45, 7) is 8.22. The molecule has 4 nitrogen and oxygen atoms in total. The normalized spacial score (nSPS) is 13.8. The van der Waals surface area contributed by atoms with Crippen molar-refractivity contribution in [2.75, 3.05) is 0 Å². The van der Waals surface area contributed by atoms with Crippen LogP contribution in [0.2, 0.25) is 0 Å². The Hall–Kier alpha value is -7.04. The molecule has 0 spiro atoms. The van der Waals surface area contributed by atoms with E-state index in [4.69, 9.17) is 18.2 Å². The Morgan fingerprint density at radius 2 is 1.16 bits per heavy atom. The van der Waals surface area contributed by atoms with E-state index in [1.54, 1.807) is 30.5 Å². The Labute approximate surface area is 374 Å². The summed E-state index contributed by atoms with van der Waals surface area (Å²) >= 11 is 0. The number of hydrogen-bond acceptors (Lipinski definition) is 3. The summed E-state index contributed by atoms with van der Waals surface area (Å²) < 4.78 is 50.9. The summed E-state index contributed by atoms with van der Waals surface area (Å²) in [7, 11) is 0. The van der Waals surface area contributed by atoms with E-state index in [0.717, 1.165) is 66.8 Å². The zero-order chi connectivity index (χ0) is 48.3. The standard InChI is InChI=1S/C58H53N3O/c1-37-22-25-40(26-23-37)42-28-29-59-51(34-42)45-32-43(39-16-11-9-12-17-39)31-44(33-45)47-20-15-21-53-54(47)60-56(49-35-46(57(3,4)5)36-50(55(49)62)58(6,7)8)61(53)52-27-24-38(2)30-48(52)41-18-13-10-14-19-41/h9-36,62H,1-8H3/i1D3,2D3. The molecule has 0 aliphatic rings. The van der Waals surface area contributed by atoms with Gasteiger partial charge in [0.15, 0.2) is 0 Å². The van der Waals surface area contributed by atoms with Gasteiger partial charge in [0, 0.05) is 36.7 Å². The number of benzene rings is 7. The number of phenols is 1. The Balaban J connectivity index is 1.34. The van der Waals surface area contributed by atoms with Crippen molar-refractivity contribution >= 4 is 11.0 Å². The smallest absolute Gasteiger partial charge is 0.149 e. The molecule has 0 aliphatic heterocycles. The highest BCUT2D eigenvalue weighted by atomic mass is 16.3. The first-order valence-corrected chi connectivity index (χ1v) is 21.0. The largest absolute Gasteiger partial charge is 0.507 e. The molecule has 1 N–H and O–H groups in total. The Kier molecular flexibility index (Phi) is 8.56. The number of aromatic nitrogens is 3. The fourth-order valence-electron chi connectivity index (χ4n) is 8.31. The zero-order valence-electron chi connectivity index (χ0n) is 42.0. The minimum Gasteiger partial charge on any atom is -0.507 e. The van der Waals surface area contributed by atoms with Crippen LogP contribution in [0.5, 0.6) is 5.75 Å². The molecule has 0 fully saturated rings. The number of aromatic hydroxyl groups is 1. The number of rotatable bonds is 7. The first-order valence-electron chi connectivity index (χ1n) is 24.0. The van der Waals surface area contributed by atoms with Gasteiger partial charge < -0.3 is 5.11 Å². The van der Waals surface area contributed by atoms with E-state index in [9.17, 15) is 5.11 Å². The molecule has 9 aromatic rings. The van der Waals surface area contributed by atoms with Crippen LogP contribution in [0.15, 0.2) is 170 Å². The van der Waals surface area contributed by atoms with Gasteiger partial charge >= 0.3 is 0 Å². The Morgan fingerprint density at radius 3 is 1.85 bits per heavy atom. The van der Waals surface area contributed by atoms with Gasteiger partial charge in [0.05, 0.1) is 28.0 Å². The van der Waals surface area contributed by atoms with E-state index in [0.29, 0.717) is 28.2 Å². The molecule has 7 aromatic carbocycles. The van der Waals surface area contributed by atoms with E-state index in [-0.39, 0.29) is 22.3 Å². The zero-order valence-corrected chi connectivity index (χ0v) is 36.0. The maximum Gasteiger partial charge on any atom is 0.149 e. The number of para-hydroxylation sites is 1. The van der Waals surface area contributed by atoms with E-state index < -0.39 is 19.1 Å². The molecule has 9 rings (SSSR count). The average Bonchev–Trinajstić information content (AvgIpc) is 3.70. The molecule has 0 unspecified atom stereocenters. The van der Waals surface area contributed by atoms with Crippen LogP contribution < -0.4 is 0 Å². The van der Waals surface area contributed by atoms with Crippen molar-refractivity contribution in [2.24, 2.45) is 0 Å². The number of imidazole rings is 1. The molecule has 2 heterocycles. The lowest BCUT2D eigenvalue weighted by Gasteiger charge is -2.27. The molecule has 0 saturated heterocycles. The molecule has 2 aromatic heterocycles. The van der Waals surface area contributed by atoms with E-state index in [1.165, 1.54) is 0 Å². The average molecular weight is 814 g/mol. The van der Waals surface area contributed by atoms with Gasteiger partial charge in [0.1, 0.15) is 11.6 Å². The van der Waals surface area contributed by atoms with Gasteiger partial charge in [-0.05, 0) is 118 Å². The Morgan fingerprint density at radius 1 is 0.500 bits per heavy atom. The minimum atomic E-state index is -2.35. The van der Waals surface area contributed by atoms with Crippen LogP contribution in [0.3, 0.4) is 0 Å². The maximum atomic E-state index is 12.5. The van der Waals surface area contributed by atoms with Crippen LogP contribution in [0.25, 0.3) is 83.9 Å². The summed E-state index contributed by atoms with van der Waals surface area (Å²) in [5, 5.41) is 12.5. The van der Waals surface area contributed by atoms with Crippen molar-refractivity contribution in [3.05, 3.63) is 192 Å². The number of nitrogens with zero attached hydrogens (tertiary/aromatic N) is 3. The molecule has 306 valence electrons. The van der Waals surface area contributed by atoms with E-state index in [2.05, 4.69) is 88.6 Å². The van der Waals surface area contributed by atoms with Crippen molar-refractivity contribution in [2.45, 2.75) is 66.1 Å². The molecule has 0 amide bonds. The van der Waals surface area contributed by atoms with Crippen LogP contribution >= 0.6 is 0 Å². The van der Waals surface area contributed by atoms with E-state index >= 15 is 0 Å². The summed E-state index contributed by atoms with van der Waals surface area (Å²) in [5.74, 6) is 0.648. The monoisotopic (exact) mass is 813 g/mol. The summed E-state index contributed by atoms with van der Waals surface area (Å²) in [4.78, 5) is 10.4. The second-order valence-corrected chi connectivity index (χ2v) is 18.1. The highest BCUT2D eigenvalue weighted by molar-refractivity contribution is 5.98. The second kappa shape index (κ2) is 15.8. The van der Waals surface area contributed by atoms with Crippen molar-refractivity contribution in [1.29, 1.82) is 0 Å². The third-order valence-electron chi connectivity index (χ3n) is 11.7. The number of pyridine rings is 1. The topological polar surface area (TPSA) is 50.9 Å². The van der Waals surface area contributed by atoms with Gasteiger partial charge in [-0.1, -0.05) is 162 Å². The minimum absolute atomic E-state index is 0.136. The van der Waals surface area contributed by atoms with Gasteiger partial charge in [-0.3, -0.25) is 9.55 Å². The van der Waals surface area contributed by atoms with Crippen molar-refractivity contribution < 1.29 is 13.3 Å². The fourth-order valence-corrected chi connectivity index (χ4v) is 8.31. The second-order valence-electron chi connectivity index (χ2n) is 18.1. The van der Waals surface area contributed by atoms with Crippen LogP contribution in [0.1, 0.15) is 72.0 Å². The van der Waals surface area contributed by atoms with Gasteiger partial charge in [0.25, 0.3) is 0 Å². The van der Waals surface area contributed by atoms with Crippen molar-refractivity contribution in [3.63, 3.8) is 0 Å². The van der Waals surface area contributed by atoms with Gasteiger partial charge in [-0.15, -0.1) is 0 Å². The molecule has 0 bridgehead atoms. The predicted octanol–water partition coefficient (Wildman–Crippen LogP) is 15.3. The quantitative estimate of drug-likeness (QED) is 0.174. The van der Waals surface area contributed by atoms with Gasteiger partial charge in [0.2, 0.25) is 0 Å². The SMILES string of the molecule is [2H]C([2H])([2H])c1ccc(-c2ccnc(-c3cc(-c4ccccc4)cc(-c4cccc5c4nc(-c4cc(C(C)(C)C)cc(C(C)(C)C)c4O)n5-c4ccc(C([2H])([2H])[2H])cc4-c4ccccc4)c3)c2)cc1. The molecule has 0 saturated carbocycles. The Bertz CT molecular complexity index is 3320. The lowest BCUT2D eigenvalue weighted by Crippen LogP contribution is -2.17. The first-order chi connectivity index (χ1) is 32.1. The summed E-state index contributed by atoms with van der Waals surface area (Å²) in [6, 6.07) is 52.9. The highest BCUT2D eigenvalue weighted by Gasteiger charge is 2.29. The van der Waals surface area contributed by atoms with Crippen LogP contribution in [-0.4, -0.2) is 19.6 Å². The summed E-state index contributed by atoms with van der Waals surface area (Å²) in [5.41, 5.74) is 13.0. The molecular weight excluding hydrogens is 755 g/mol. The number of fused-ring (bicyclic) bond motifs is 1. The number of phenolic OH excluding ortho intramolecular Hbond substituents is 1. The van der Waals surface area contributed by atoms with Crippen LogP contribution in [0.4, 0.5) is 0 Å². The number of aryl methyl sites for hydroxylation is 2. The molecule has 62 heavy (non-hydrogen) atoms. The van der Waals surface area contributed by atoms with E-state index in [1.807, 2.05) is 97.1 Å². The van der Waals surface area contributed by atoms with Gasteiger partial charge in [-0.2, -0.15) is 0 Å². The van der Waals surface area contributed by atoms with Crippen LogP contribution in [0, 0.1) is 13.7 Å². The van der Waals surface area contributed by atoms with Crippen LogP contribution in [-0.2, 0) is 10.8 Å². The molecule has 0 radical (unpaired) electrons. The summed E-state index contributed by atoms with van der Waals surface area (Å²) in [6.07, 6.45) is 1.78. The molecule has 0 aliphatic carbocycles. The lowest BCUT2D eigenvalue weighted by molar-refractivity contribution is 0.446. The molecule has 0 atom stereocenters. The fraction of sp³-hybridized carbons (Fsp3) is 0.172. The first kappa shape index (κ1) is 33.7. The van der Waals surface area contributed by atoms with Crippen molar-refractivity contribution in [1.82, 2.24) is 14.5 Å². The van der Waals surface area contributed by atoms with Gasteiger partial charge in [-0.25, -0.2) is 4.98 Å². The third kappa shape index (κ3) is 7.74. The third-order valence-corrected chi connectivity index (χ3v) is 11.7. The lowest BCUT2D eigenvalue weighted by atomic mass is 9.79. The highest BCUT2D eigenvalue weighted by Crippen LogP contribution is 2.46. The number of hydrogen-bond donors (Lipinski definition) is 1. The molecule has 4 heteroatoms. The molecular formula is C58H53N3O.